The normalized spacial score (nSPS) is 13.1. The summed E-state index contributed by atoms with van der Waals surface area (Å²) in [5.41, 5.74) is 2.84. The zero-order valence-electron chi connectivity index (χ0n) is 39.9. The van der Waals surface area contributed by atoms with Crippen molar-refractivity contribution in [2.45, 2.75) is 37.8 Å². The molecule has 18 heteroatoms. The van der Waals surface area contributed by atoms with Gasteiger partial charge in [0.05, 0.1) is 44.8 Å². The molecule has 4 aromatic carbocycles. The Labute approximate surface area is 406 Å². The van der Waals surface area contributed by atoms with Crippen LogP contribution in [-0.2, 0) is 29.3 Å². The number of hydrogen-bond acceptors (Lipinski definition) is 14. The molecule has 2 aliphatic rings. The molecule has 17 nitrogen and oxygen atoms in total. The van der Waals surface area contributed by atoms with Gasteiger partial charge in [0, 0.05) is 105 Å². The molecule has 7 rings (SSSR count). The van der Waals surface area contributed by atoms with Gasteiger partial charge in [-0.15, -0.1) is 0 Å². The highest BCUT2D eigenvalue weighted by atomic mass is 35.5. The predicted octanol–water partition coefficient (Wildman–Crippen LogP) is 6.39. The van der Waals surface area contributed by atoms with Crippen LogP contribution in [0.1, 0.15) is 74.6 Å². The second-order valence-corrected chi connectivity index (χ2v) is 17.3. The van der Waals surface area contributed by atoms with E-state index in [-0.39, 0.29) is 69.5 Å². The summed E-state index contributed by atoms with van der Waals surface area (Å²) in [6.07, 6.45) is 1.94. The van der Waals surface area contributed by atoms with E-state index in [0.29, 0.717) is 75.0 Å². The lowest BCUT2D eigenvalue weighted by atomic mass is 9.77. The van der Waals surface area contributed by atoms with E-state index in [1.54, 1.807) is 49.6 Å². The van der Waals surface area contributed by atoms with Crippen molar-refractivity contribution in [2.24, 2.45) is 0 Å². The first kappa shape index (κ1) is 50.1. The number of nitrogens with zero attached hydrogens (tertiary/aromatic N) is 4. The average molecular weight is 965 g/mol. The molecule has 5 aromatic rings. The third kappa shape index (κ3) is 10.8. The molecule has 3 heterocycles. The maximum Gasteiger partial charge on any atom is 0.340 e. The highest BCUT2D eigenvalue weighted by Gasteiger charge is 2.54. The molecular formula is C51H58ClN7O10. The maximum atomic E-state index is 13.6. The van der Waals surface area contributed by atoms with Crippen LogP contribution < -0.4 is 35.2 Å². The van der Waals surface area contributed by atoms with Crippen molar-refractivity contribution in [2.75, 3.05) is 97.8 Å². The molecule has 69 heavy (non-hydrogen) atoms. The van der Waals surface area contributed by atoms with Crippen molar-refractivity contribution >= 4 is 46.7 Å². The van der Waals surface area contributed by atoms with Crippen molar-refractivity contribution in [1.29, 1.82) is 0 Å². The van der Waals surface area contributed by atoms with Gasteiger partial charge < -0.3 is 54.2 Å². The van der Waals surface area contributed by atoms with Crippen molar-refractivity contribution < 1.29 is 47.6 Å². The summed E-state index contributed by atoms with van der Waals surface area (Å²) < 4.78 is 35.1. The summed E-state index contributed by atoms with van der Waals surface area (Å²) in [4.78, 5) is 67.1. The number of methoxy groups -OCH3 is 1. The Morgan fingerprint density at radius 1 is 0.739 bits per heavy atom. The third-order valence-electron chi connectivity index (χ3n) is 12.1. The van der Waals surface area contributed by atoms with Gasteiger partial charge in [-0.1, -0.05) is 37.6 Å². The smallest absolute Gasteiger partial charge is 0.340 e. The highest BCUT2D eigenvalue weighted by Crippen LogP contribution is 2.57. The van der Waals surface area contributed by atoms with E-state index in [9.17, 15) is 19.2 Å². The molecule has 0 fully saturated rings. The van der Waals surface area contributed by atoms with Crippen LogP contribution in [0, 0.1) is 0 Å². The Morgan fingerprint density at radius 2 is 1.36 bits per heavy atom. The van der Waals surface area contributed by atoms with Gasteiger partial charge in [-0.3, -0.25) is 14.4 Å². The molecule has 364 valence electrons. The van der Waals surface area contributed by atoms with Crippen LogP contribution in [0.2, 0.25) is 5.02 Å². The van der Waals surface area contributed by atoms with E-state index in [2.05, 4.69) is 25.9 Å². The number of aromatic nitrogens is 2. The van der Waals surface area contributed by atoms with Gasteiger partial charge >= 0.3 is 5.97 Å². The van der Waals surface area contributed by atoms with Gasteiger partial charge in [0.15, 0.2) is 5.60 Å². The minimum absolute atomic E-state index is 0.0106. The standard InChI is InChI=1S/C51H58ClN7O10/c1-8-50(9-2,57-46(61)41-31-55-47(67-27-24-64-7)44(56-41)32-10-13-34(52)14-11-32)49(63)54-21-23-66-26-25-65-22-20-53-45(60)33-12-17-37-40(28-33)51(69-48(37)62)38-18-15-35(58(3)4)29-42(38)68-43-30-36(59(5)6)16-19-39(43)51/h10-19,28-31H,8-9,20-27H2,1-7H3,(H,53,60)(H,54,63)(H,57,61). The number of hydrogen-bond donors (Lipinski definition) is 3. The number of amides is 3. The first-order valence-corrected chi connectivity index (χ1v) is 23.1. The lowest BCUT2D eigenvalue weighted by molar-refractivity contribution is -0.128. The van der Waals surface area contributed by atoms with Crippen LogP contribution in [-0.4, -0.2) is 127 Å². The summed E-state index contributed by atoms with van der Waals surface area (Å²) in [5, 5.41) is 9.21. The Hall–Kier alpha value is -6.79. The summed E-state index contributed by atoms with van der Waals surface area (Å²) >= 11 is 6.11. The van der Waals surface area contributed by atoms with E-state index in [1.165, 1.54) is 6.20 Å². The molecule has 0 aliphatic carbocycles. The second kappa shape index (κ2) is 22.1. The number of benzene rings is 4. The number of carbonyl (C=O) groups is 4. The number of halogens is 1. The molecule has 2 aliphatic heterocycles. The maximum absolute atomic E-state index is 13.6. The average Bonchev–Trinajstić information content (AvgIpc) is 3.64. The summed E-state index contributed by atoms with van der Waals surface area (Å²) in [5.74, 6) is -0.447. The van der Waals surface area contributed by atoms with Gasteiger partial charge in [0.2, 0.25) is 11.8 Å². The Balaban J connectivity index is 0.889. The van der Waals surface area contributed by atoms with Gasteiger partial charge in [-0.05, 0) is 67.4 Å². The Kier molecular flexibility index (Phi) is 16.0. The molecule has 0 saturated carbocycles. The molecule has 1 aromatic heterocycles. The fourth-order valence-electron chi connectivity index (χ4n) is 8.16. The number of fused-ring (bicyclic) bond motifs is 6. The number of ether oxygens (including phenoxy) is 6. The SMILES string of the molecule is CCC(CC)(NC(=O)c1cnc(OCCOC)c(-c2ccc(Cl)cc2)n1)C(=O)NCCOCCOCCNC(=O)c1ccc2c(c1)C1(OC2=O)c2ccc(N(C)C)cc2Oc2cc(N(C)C)ccc21. The number of rotatable bonds is 22. The summed E-state index contributed by atoms with van der Waals surface area (Å²) in [7, 11) is 9.32. The van der Waals surface area contributed by atoms with Crippen LogP contribution in [0.5, 0.6) is 17.4 Å². The van der Waals surface area contributed by atoms with Crippen molar-refractivity contribution in [3.05, 3.63) is 124 Å². The van der Waals surface area contributed by atoms with E-state index in [4.69, 9.17) is 40.0 Å². The molecule has 3 N–H and O–H groups in total. The number of anilines is 2. The summed E-state index contributed by atoms with van der Waals surface area (Å²) in [6, 6.07) is 23.4. The zero-order chi connectivity index (χ0) is 49.3. The van der Waals surface area contributed by atoms with Gasteiger partial charge in [-0.25, -0.2) is 14.8 Å². The second-order valence-electron chi connectivity index (χ2n) is 16.8. The fraction of sp³-hybridized carbons (Fsp3) is 0.373. The van der Waals surface area contributed by atoms with Crippen molar-refractivity contribution in [3.8, 4) is 28.6 Å². The minimum Gasteiger partial charge on any atom is -0.474 e. The van der Waals surface area contributed by atoms with Crippen LogP contribution in [0.15, 0.2) is 85.1 Å². The molecule has 0 unspecified atom stereocenters. The van der Waals surface area contributed by atoms with Gasteiger partial charge in [0.1, 0.15) is 35.0 Å². The number of carbonyl (C=O) groups excluding carboxylic acids is 4. The molecule has 0 saturated heterocycles. The molecule has 1 spiro atoms. The Morgan fingerprint density at radius 3 is 1.96 bits per heavy atom. The van der Waals surface area contributed by atoms with Crippen LogP contribution in [0.25, 0.3) is 11.3 Å². The van der Waals surface area contributed by atoms with E-state index in [0.717, 1.165) is 11.4 Å². The number of nitrogens with one attached hydrogen (secondary N) is 3. The molecule has 0 radical (unpaired) electrons. The molecular weight excluding hydrogens is 906 g/mol. The van der Waals surface area contributed by atoms with Crippen LogP contribution >= 0.6 is 11.6 Å². The topological polar surface area (TPSA) is 192 Å². The van der Waals surface area contributed by atoms with E-state index < -0.39 is 23.0 Å². The van der Waals surface area contributed by atoms with Crippen molar-refractivity contribution in [3.63, 3.8) is 0 Å². The van der Waals surface area contributed by atoms with E-state index in [1.807, 2.05) is 88.2 Å². The van der Waals surface area contributed by atoms with Crippen molar-refractivity contribution in [1.82, 2.24) is 25.9 Å². The lowest BCUT2D eigenvalue weighted by Crippen LogP contribution is -2.58. The monoisotopic (exact) mass is 963 g/mol. The molecule has 0 atom stereocenters. The first-order valence-electron chi connectivity index (χ1n) is 22.7. The highest BCUT2D eigenvalue weighted by molar-refractivity contribution is 6.30. The van der Waals surface area contributed by atoms with Crippen LogP contribution in [0.4, 0.5) is 11.4 Å². The lowest BCUT2D eigenvalue weighted by Gasteiger charge is -2.37. The molecule has 3 amide bonds. The third-order valence-corrected chi connectivity index (χ3v) is 12.4. The quantitative estimate of drug-likeness (QED) is 0.0511. The van der Waals surface area contributed by atoms with Crippen LogP contribution in [0.3, 0.4) is 0 Å². The van der Waals surface area contributed by atoms with Gasteiger partial charge in [-0.2, -0.15) is 0 Å². The fourth-order valence-corrected chi connectivity index (χ4v) is 8.29. The molecule has 0 bridgehead atoms. The first-order chi connectivity index (χ1) is 33.2. The predicted molar refractivity (Wildman–Crippen MR) is 261 cm³/mol. The summed E-state index contributed by atoms with van der Waals surface area (Å²) in [6.45, 7) is 5.52. The largest absolute Gasteiger partial charge is 0.474 e. The van der Waals surface area contributed by atoms with E-state index >= 15 is 0 Å². The Bertz CT molecular complexity index is 2620. The van der Waals surface area contributed by atoms with Gasteiger partial charge in [0.25, 0.3) is 11.8 Å². The zero-order valence-corrected chi connectivity index (χ0v) is 40.7. The number of esters is 1. The minimum atomic E-state index is -1.34.